The van der Waals surface area contributed by atoms with Crippen LogP contribution >= 0.6 is 23.2 Å². The van der Waals surface area contributed by atoms with Gasteiger partial charge in [-0.25, -0.2) is 4.90 Å². The standard InChI is InChI=1S/C25H20Cl2N2O3/c1-2-14-32-18-11-6-10-17(15-18)28-23-21(16-8-4-3-5-9-16)24(30)29(25(23)31)20-13-7-12-19(26)22(20)27/h3-13,15,28H,2,14H2,1H3. The van der Waals surface area contributed by atoms with Crippen molar-refractivity contribution in [2.24, 2.45) is 0 Å². The van der Waals surface area contributed by atoms with Gasteiger partial charge in [-0.05, 0) is 36.2 Å². The number of ether oxygens (including phenoxy) is 1. The van der Waals surface area contributed by atoms with Crippen molar-refractivity contribution >= 4 is 52.0 Å². The molecule has 1 aliphatic heterocycles. The van der Waals surface area contributed by atoms with Gasteiger partial charge in [0.1, 0.15) is 11.4 Å². The van der Waals surface area contributed by atoms with Crippen LogP contribution in [0.3, 0.4) is 0 Å². The summed E-state index contributed by atoms with van der Waals surface area (Å²) in [5.74, 6) is -0.325. The van der Waals surface area contributed by atoms with E-state index in [1.54, 1.807) is 42.5 Å². The predicted molar refractivity (Wildman–Crippen MR) is 128 cm³/mol. The summed E-state index contributed by atoms with van der Waals surface area (Å²) in [6.45, 7) is 2.61. The lowest BCUT2D eigenvalue weighted by molar-refractivity contribution is -0.120. The molecule has 0 aliphatic carbocycles. The first kappa shape index (κ1) is 21.9. The van der Waals surface area contributed by atoms with Crippen LogP contribution < -0.4 is 15.0 Å². The number of nitrogens with one attached hydrogen (secondary N) is 1. The van der Waals surface area contributed by atoms with Crippen molar-refractivity contribution in [2.75, 3.05) is 16.8 Å². The lowest BCUT2D eigenvalue weighted by atomic mass is 10.0. The molecule has 32 heavy (non-hydrogen) atoms. The molecule has 0 spiro atoms. The van der Waals surface area contributed by atoms with Crippen molar-refractivity contribution in [3.8, 4) is 5.75 Å². The second kappa shape index (κ2) is 9.47. The molecule has 2 amide bonds. The summed E-state index contributed by atoms with van der Waals surface area (Å²) in [6.07, 6.45) is 0.878. The van der Waals surface area contributed by atoms with Crippen molar-refractivity contribution in [1.82, 2.24) is 0 Å². The highest BCUT2D eigenvalue weighted by Crippen LogP contribution is 2.39. The van der Waals surface area contributed by atoms with Crippen LogP contribution in [0, 0.1) is 0 Å². The van der Waals surface area contributed by atoms with Crippen molar-refractivity contribution < 1.29 is 14.3 Å². The molecule has 0 fully saturated rings. The van der Waals surface area contributed by atoms with Crippen molar-refractivity contribution in [1.29, 1.82) is 0 Å². The topological polar surface area (TPSA) is 58.6 Å². The Balaban J connectivity index is 1.78. The van der Waals surface area contributed by atoms with Gasteiger partial charge in [0, 0.05) is 11.8 Å². The molecule has 1 aliphatic rings. The fourth-order valence-corrected chi connectivity index (χ4v) is 3.81. The predicted octanol–water partition coefficient (Wildman–Crippen LogP) is 6.18. The maximum atomic E-state index is 13.5. The van der Waals surface area contributed by atoms with Crippen molar-refractivity contribution in [3.63, 3.8) is 0 Å². The second-order valence-electron chi connectivity index (χ2n) is 7.14. The maximum Gasteiger partial charge on any atom is 0.282 e. The zero-order chi connectivity index (χ0) is 22.7. The Labute approximate surface area is 196 Å². The molecule has 1 heterocycles. The third-order valence-electron chi connectivity index (χ3n) is 4.89. The van der Waals surface area contributed by atoms with Gasteiger partial charge in [-0.1, -0.05) is 72.6 Å². The van der Waals surface area contributed by atoms with E-state index in [0.29, 0.717) is 23.6 Å². The molecule has 162 valence electrons. The summed E-state index contributed by atoms with van der Waals surface area (Å²) >= 11 is 12.5. The van der Waals surface area contributed by atoms with Gasteiger partial charge in [0.15, 0.2) is 0 Å². The Morgan fingerprint density at radius 1 is 0.906 bits per heavy atom. The third kappa shape index (κ3) is 4.22. The fraction of sp³-hybridized carbons (Fsp3) is 0.120. The fourth-order valence-electron chi connectivity index (χ4n) is 3.43. The highest BCUT2D eigenvalue weighted by Gasteiger charge is 2.41. The van der Waals surface area contributed by atoms with Gasteiger partial charge >= 0.3 is 0 Å². The Morgan fingerprint density at radius 2 is 1.66 bits per heavy atom. The summed E-state index contributed by atoms with van der Waals surface area (Å²) in [5.41, 5.74) is 1.89. The number of hydrogen-bond acceptors (Lipinski definition) is 4. The number of anilines is 2. The van der Waals surface area contributed by atoms with Crippen LogP contribution in [-0.2, 0) is 9.59 Å². The maximum absolute atomic E-state index is 13.5. The minimum Gasteiger partial charge on any atom is -0.494 e. The van der Waals surface area contributed by atoms with Gasteiger partial charge in [-0.2, -0.15) is 0 Å². The van der Waals surface area contributed by atoms with Crippen LogP contribution in [0.15, 0.2) is 78.5 Å². The van der Waals surface area contributed by atoms with E-state index in [1.165, 1.54) is 0 Å². The Kier molecular flexibility index (Phi) is 6.49. The molecule has 0 radical (unpaired) electrons. The van der Waals surface area contributed by atoms with Crippen molar-refractivity contribution in [2.45, 2.75) is 13.3 Å². The number of hydrogen-bond donors (Lipinski definition) is 1. The molecule has 0 atom stereocenters. The van der Waals surface area contributed by atoms with E-state index in [2.05, 4.69) is 5.32 Å². The first-order valence-electron chi connectivity index (χ1n) is 10.1. The molecule has 5 nitrogen and oxygen atoms in total. The summed E-state index contributed by atoms with van der Waals surface area (Å²) in [4.78, 5) is 28.0. The van der Waals surface area contributed by atoms with E-state index in [9.17, 15) is 9.59 Å². The van der Waals surface area contributed by atoms with Crippen LogP contribution in [0.25, 0.3) is 5.57 Å². The van der Waals surface area contributed by atoms with E-state index in [-0.39, 0.29) is 27.0 Å². The highest BCUT2D eigenvalue weighted by molar-refractivity contribution is 6.50. The summed E-state index contributed by atoms with van der Waals surface area (Å²) < 4.78 is 5.69. The SMILES string of the molecule is CCCOc1cccc(NC2=C(c3ccccc3)C(=O)N(c3cccc(Cl)c3Cl)C2=O)c1. The van der Waals surface area contributed by atoms with Gasteiger partial charge in [-0.15, -0.1) is 0 Å². The Bertz CT molecular complexity index is 1210. The molecule has 4 rings (SSSR count). The molecule has 0 saturated heterocycles. The molecule has 7 heteroatoms. The van der Waals surface area contributed by atoms with E-state index >= 15 is 0 Å². The van der Waals surface area contributed by atoms with Crippen LogP contribution in [0.1, 0.15) is 18.9 Å². The Hall–Kier alpha value is -3.28. The van der Waals surface area contributed by atoms with E-state index in [0.717, 1.165) is 11.3 Å². The van der Waals surface area contributed by atoms with Crippen LogP contribution in [0.4, 0.5) is 11.4 Å². The number of amides is 2. The lowest BCUT2D eigenvalue weighted by Gasteiger charge is -2.17. The number of halogens is 2. The minimum atomic E-state index is -0.516. The number of carbonyl (C=O) groups is 2. The van der Waals surface area contributed by atoms with E-state index < -0.39 is 11.8 Å². The summed E-state index contributed by atoms with van der Waals surface area (Å²) in [6, 6.07) is 21.1. The van der Waals surface area contributed by atoms with Gasteiger partial charge in [-0.3, -0.25) is 9.59 Å². The molecule has 0 saturated carbocycles. The molecular formula is C25H20Cl2N2O3. The van der Waals surface area contributed by atoms with Crippen molar-refractivity contribution in [3.05, 3.63) is 94.1 Å². The number of imide groups is 1. The Morgan fingerprint density at radius 3 is 2.41 bits per heavy atom. The first-order chi connectivity index (χ1) is 15.5. The largest absolute Gasteiger partial charge is 0.494 e. The smallest absolute Gasteiger partial charge is 0.282 e. The van der Waals surface area contributed by atoms with E-state index in [4.69, 9.17) is 27.9 Å². The van der Waals surface area contributed by atoms with Crippen LogP contribution in [0.5, 0.6) is 5.75 Å². The molecule has 0 bridgehead atoms. The van der Waals surface area contributed by atoms with Crippen LogP contribution in [-0.4, -0.2) is 18.4 Å². The highest BCUT2D eigenvalue weighted by atomic mass is 35.5. The zero-order valence-corrected chi connectivity index (χ0v) is 18.8. The van der Waals surface area contributed by atoms with Gasteiger partial charge in [0.2, 0.25) is 0 Å². The first-order valence-corrected chi connectivity index (χ1v) is 10.9. The number of nitrogens with zero attached hydrogens (tertiary/aromatic N) is 1. The minimum absolute atomic E-state index is 0.138. The third-order valence-corrected chi connectivity index (χ3v) is 5.70. The monoisotopic (exact) mass is 466 g/mol. The second-order valence-corrected chi connectivity index (χ2v) is 7.92. The molecule has 3 aromatic rings. The van der Waals surface area contributed by atoms with Gasteiger partial charge in [0.05, 0.1) is 27.9 Å². The number of rotatable bonds is 7. The van der Waals surface area contributed by atoms with E-state index in [1.807, 2.05) is 37.3 Å². The number of carbonyl (C=O) groups excluding carboxylic acids is 2. The average Bonchev–Trinajstić information content (AvgIpc) is 3.04. The zero-order valence-electron chi connectivity index (χ0n) is 17.3. The summed E-state index contributed by atoms with van der Waals surface area (Å²) in [7, 11) is 0. The average molecular weight is 467 g/mol. The molecular weight excluding hydrogens is 447 g/mol. The number of benzene rings is 3. The quantitative estimate of drug-likeness (QED) is 0.422. The molecule has 0 unspecified atom stereocenters. The van der Waals surface area contributed by atoms with Gasteiger partial charge < -0.3 is 10.1 Å². The normalized spacial score (nSPS) is 13.7. The van der Waals surface area contributed by atoms with Gasteiger partial charge in [0.25, 0.3) is 11.8 Å². The van der Waals surface area contributed by atoms with Crippen LogP contribution in [0.2, 0.25) is 10.0 Å². The molecule has 0 aromatic heterocycles. The summed E-state index contributed by atoms with van der Waals surface area (Å²) in [5, 5.41) is 3.53. The molecule has 1 N–H and O–H groups in total. The molecule has 3 aromatic carbocycles. The lowest BCUT2D eigenvalue weighted by Crippen LogP contribution is -2.32.